The summed E-state index contributed by atoms with van der Waals surface area (Å²) in [6.45, 7) is 0. The predicted octanol–water partition coefficient (Wildman–Crippen LogP) is 4.51. The molecule has 0 atom stereocenters. The third-order valence-electron chi connectivity index (χ3n) is 4.68. The lowest BCUT2D eigenvalue weighted by Crippen LogP contribution is -2.17. The first kappa shape index (κ1) is 17.0. The van der Waals surface area contributed by atoms with Gasteiger partial charge >= 0.3 is 0 Å². The molecule has 6 nitrogen and oxygen atoms in total. The van der Waals surface area contributed by atoms with Crippen molar-refractivity contribution in [1.29, 1.82) is 5.26 Å². The normalized spacial score (nSPS) is 13.9. The molecule has 1 aliphatic rings. The summed E-state index contributed by atoms with van der Waals surface area (Å²) in [4.78, 5) is 13.5. The number of nitrogens with one attached hydrogen (secondary N) is 2. The molecule has 1 fully saturated rings. The topological polar surface area (TPSA) is 86.5 Å². The fourth-order valence-electron chi connectivity index (χ4n) is 3.32. The Kier molecular flexibility index (Phi) is 4.93. The molecule has 0 unspecified atom stereocenters. The van der Waals surface area contributed by atoms with Crippen molar-refractivity contribution in [1.82, 2.24) is 15.0 Å². The van der Waals surface area contributed by atoms with Crippen LogP contribution in [0.25, 0.3) is 11.3 Å². The molecule has 2 aromatic heterocycles. The molecule has 0 spiro atoms. The van der Waals surface area contributed by atoms with E-state index < -0.39 is 0 Å². The van der Waals surface area contributed by atoms with Crippen molar-refractivity contribution in [3.8, 4) is 17.3 Å². The first-order valence-corrected chi connectivity index (χ1v) is 9.14. The van der Waals surface area contributed by atoms with Crippen molar-refractivity contribution >= 4 is 17.5 Å². The van der Waals surface area contributed by atoms with E-state index in [0.717, 1.165) is 29.8 Å². The largest absolute Gasteiger partial charge is 0.351 e. The van der Waals surface area contributed by atoms with Gasteiger partial charge in [-0.3, -0.25) is 4.98 Å². The van der Waals surface area contributed by atoms with E-state index in [1.807, 2.05) is 36.4 Å². The Labute approximate surface area is 158 Å². The van der Waals surface area contributed by atoms with E-state index in [1.54, 1.807) is 18.5 Å². The number of rotatable bonds is 5. The number of nitrogens with zero attached hydrogens (tertiary/aromatic N) is 4. The molecule has 134 valence electrons. The van der Waals surface area contributed by atoms with Gasteiger partial charge in [-0.25, -0.2) is 4.98 Å². The first-order chi connectivity index (χ1) is 13.3. The van der Waals surface area contributed by atoms with Crippen molar-refractivity contribution < 1.29 is 0 Å². The van der Waals surface area contributed by atoms with Gasteiger partial charge in [-0.2, -0.15) is 10.2 Å². The third kappa shape index (κ3) is 4.04. The quantitative estimate of drug-likeness (QED) is 0.699. The number of pyridine rings is 1. The van der Waals surface area contributed by atoms with Gasteiger partial charge in [0, 0.05) is 30.1 Å². The number of aromatic nitrogens is 3. The van der Waals surface area contributed by atoms with E-state index in [-0.39, 0.29) is 0 Å². The highest BCUT2D eigenvalue weighted by Crippen LogP contribution is 2.26. The summed E-state index contributed by atoms with van der Waals surface area (Å²) in [5.41, 5.74) is 3.01. The molecule has 1 aromatic carbocycles. The van der Waals surface area contributed by atoms with Crippen molar-refractivity contribution in [2.45, 2.75) is 31.7 Å². The van der Waals surface area contributed by atoms with Crippen molar-refractivity contribution in [2.24, 2.45) is 0 Å². The van der Waals surface area contributed by atoms with Crippen LogP contribution in [-0.4, -0.2) is 21.0 Å². The molecule has 1 saturated carbocycles. The number of hydrogen-bond acceptors (Lipinski definition) is 6. The SMILES string of the molecule is N#Cc1ccccc1Nc1cc(-c2cccnc2)nc(NC2CCCC2)n1. The highest BCUT2D eigenvalue weighted by molar-refractivity contribution is 5.69. The van der Waals surface area contributed by atoms with Crippen LogP contribution in [0.4, 0.5) is 17.5 Å². The molecule has 3 aromatic rings. The summed E-state index contributed by atoms with van der Waals surface area (Å²) in [5, 5.41) is 16.1. The van der Waals surface area contributed by atoms with Crippen molar-refractivity contribution in [3.05, 3.63) is 60.4 Å². The summed E-state index contributed by atoms with van der Waals surface area (Å²) in [6, 6.07) is 15.7. The van der Waals surface area contributed by atoms with Gasteiger partial charge in [0.1, 0.15) is 11.9 Å². The van der Waals surface area contributed by atoms with Gasteiger partial charge in [0.15, 0.2) is 0 Å². The Morgan fingerprint density at radius 1 is 1.04 bits per heavy atom. The molecule has 0 bridgehead atoms. The van der Waals surface area contributed by atoms with E-state index in [1.165, 1.54) is 12.8 Å². The molecular formula is C21H20N6. The molecule has 2 heterocycles. The Morgan fingerprint density at radius 2 is 1.89 bits per heavy atom. The smallest absolute Gasteiger partial charge is 0.225 e. The Morgan fingerprint density at radius 3 is 2.67 bits per heavy atom. The summed E-state index contributed by atoms with van der Waals surface area (Å²) >= 11 is 0. The van der Waals surface area contributed by atoms with Crippen LogP contribution in [0.15, 0.2) is 54.9 Å². The van der Waals surface area contributed by atoms with Crippen LogP contribution in [0, 0.1) is 11.3 Å². The van der Waals surface area contributed by atoms with Gasteiger partial charge in [-0.1, -0.05) is 25.0 Å². The highest BCUT2D eigenvalue weighted by Gasteiger charge is 2.17. The van der Waals surface area contributed by atoms with Gasteiger partial charge in [0.05, 0.1) is 16.9 Å². The van der Waals surface area contributed by atoms with Crippen LogP contribution in [0.3, 0.4) is 0 Å². The minimum atomic E-state index is 0.411. The van der Waals surface area contributed by atoms with Crippen LogP contribution in [0.2, 0.25) is 0 Å². The number of nitriles is 1. The van der Waals surface area contributed by atoms with Crippen LogP contribution in [0.1, 0.15) is 31.2 Å². The molecule has 0 amide bonds. The number of para-hydroxylation sites is 1. The summed E-state index contributed by atoms with van der Waals surface area (Å²) in [5.74, 6) is 1.24. The van der Waals surface area contributed by atoms with Crippen LogP contribution >= 0.6 is 0 Å². The summed E-state index contributed by atoms with van der Waals surface area (Å²) in [6.07, 6.45) is 8.28. The second-order valence-electron chi connectivity index (χ2n) is 6.61. The fraction of sp³-hybridized carbons (Fsp3) is 0.238. The van der Waals surface area contributed by atoms with Crippen LogP contribution in [-0.2, 0) is 0 Å². The molecule has 1 aliphatic carbocycles. The second kappa shape index (κ2) is 7.83. The lowest BCUT2D eigenvalue weighted by Gasteiger charge is -2.15. The number of benzene rings is 1. The molecule has 2 N–H and O–H groups in total. The average Bonchev–Trinajstić information content (AvgIpc) is 3.22. The minimum Gasteiger partial charge on any atom is -0.351 e. The maximum absolute atomic E-state index is 9.33. The van der Waals surface area contributed by atoms with Gasteiger partial charge in [0.2, 0.25) is 5.95 Å². The summed E-state index contributed by atoms with van der Waals surface area (Å²) < 4.78 is 0. The number of hydrogen-bond donors (Lipinski definition) is 2. The van der Waals surface area contributed by atoms with Gasteiger partial charge in [-0.05, 0) is 37.1 Å². The van der Waals surface area contributed by atoms with Gasteiger partial charge < -0.3 is 10.6 Å². The Bertz CT molecular complexity index is 958. The van der Waals surface area contributed by atoms with Crippen LogP contribution in [0.5, 0.6) is 0 Å². The Hall–Kier alpha value is -3.46. The molecule has 0 radical (unpaired) electrons. The maximum Gasteiger partial charge on any atom is 0.225 e. The highest BCUT2D eigenvalue weighted by atomic mass is 15.2. The maximum atomic E-state index is 9.33. The second-order valence-corrected chi connectivity index (χ2v) is 6.61. The van der Waals surface area contributed by atoms with Gasteiger partial charge in [-0.15, -0.1) is 0 Å². The van der Waals surface area contributed by atoms with E-state index in [4.69, 9.17) is 0 Å². The number of anilines is 3. The van der Waals surface area contributed by atoms with Crippen molar-refractivity contribution in [2.75, 3.05) is 10.6 Å². The lowest BCUT2D eigenvalue weighted by atomic mass is 10.2. The van der Waals surface area contributed by atoms with Crippen molar-refractivity contribution in [3.63, 3.8) is 0 Å². The van der Waals surface area contributed by atoms with Crippen LogP contribution < -0.4 is 10.6 Å². The summed E-state index contributed by atoms with van der Waals surface area (Å²) in [7, 11) is 0. The lowest BCUT2D eigenvalue weighted by molar-refractivity contribution is 0.744. The molecule has 4 rings (SSSR count). The van der Waals surface area contributed by atoms with E-state index in [2.05, 4.69) is 31.7 Å². The van der Waals surface area contributed by atoms with E-state index >= 15 is 0 Å². The zero-order valence-electron chi connectivity index (χ0n) is 14.9. The molecule has 0 aliphatic heterocycles. The standard InChI is InChI=1S/C21H20N6/c22-13-15-6-1-4-10-18(15)25-20-12-19(16-7-5-11-23-14-16)26-21(27-20)24-17-8-2-3-9-17/h1,4-7,10-12,14,17H,2-3,8-9H2,(H2,24,25,26,27). The zero-order chi connectivity index (χ0) is 18.5. The molecule has 0 saturated heterocycles. The van der Waals surface area contributed by atoms with E-state index in [0.29, 0.717) is 23.4 Å². The Balaban J connectivity index is 1.70. The fourth-order valence-corrected chi connectivity index (χ4v) is 3.32. The first-order valence-electron chi connectivity index (χ1n) is 9.14. The molecule has 6 heteroatoms. The minimum absolute atomic E-state index is 0.411. The molecule has 27 heavy (non-hydrogen) atoms. The monoisotopic (exact) mass is 356 g/mol. The predicted molar refractivity (Wildman–Crippen MR) is 106 cm³/mol. The average molecular weight is 356 g/mol. The zero-order valence-corrected chi connectivity index (χ0v) is 14.9. The van der Waals surface area contributed by atoms with E-state index in [9.17, 15) is 5.26 Å². The van der Waals surface area contributed by atoms with Gasteiger partial charge in [0.25, 0.3) is 0 Å². The third-order valence-corrected chi connectivity index (χ3v) is 4.68. The molecular weight excluding hydrogens is 336 g/mol.